The molecule has 0 atom stereocenters. The van der Waals surface area contributed by atoms with Gasteiger partial charge in [-0.15, -0.1) is 0 Å². The summed E-state index contributed by atoms with van der Waals surface area (Å²) in [7, 11) is 0. The number of hydrogen-bond donors (Lipinski definition) is 1. The van der Waals surface area contributed by atoms with Crippen molar-refractivity contribution >= 4 is 0 Å². The topological polar surface area (TPSA) is 25.2 Å². The Labute approximate surface area is 79.3 Å². The van der Waals surface area contributed by atoms with Crippen LogP contribution < -0.4 is 5.32 Å². The molecule has 1 saturated carbocycles. The van der Waals surface area contributed by atoms with Crippen LogP contribution in [0.2, 0.25) is 0 Å². The van der Waals surface area contributed by atoms with Gasteiger partial charge in [-0.2, -0.15) is 0 Å². The van der Waals surface area contributed by atoms with Gasteiger partial charge in [0.05, 0.1) is 12.8 Å². The molecular weight excluding hydrogens is 162 g/mol. The van der Waals surface area contributed by atoms with Crippen LogP contribution in [-0.4, -0.2) is 6.54 Å². The fourth-order valence-corrected chi connectivity index (χ4v) is 1.70. The second kappa shape index (κ2) is 3.54. The third kappa shape index (κ3) is 2.13. The number of hydrogen-bond acceptors (Lipinski definition) is 2. The lowest BCUT2D eigenvalue weighted by Gasteiger charge is -2.12. The van der Waals surface area contributed by atoms with Crippen molar-refractivity contribution in [3.05, 3.63) is 24.2 Å². The summed E-state index contributed by atoms with van der Waals surface area (Å²) in [6.45, 7) is 4.29. The fraction of sp³-hybridized carbons (Fsp3) is 0.636. The standard InChI is InChI=1S/C11H17NO/c1-2-11(5-6-11)9-12-8-10-4-3-7-13-10/h3-4,7,12H,2,5-6,8-9H2,1H3. The van der Waals surface area contributed by atoms with Gasteiger partial charge in [-0.3, -0.25) is 0 Å². The Morgan fingerprint density at radius 3 is 2.92 bits per heavy atom. The minimum atomic E-state index is 0.632. The highest BCUT2D eigenvalue weighted by molar-refractivity contribution is 4.99. The van der Waals surface area contributed by atoms with E-state index in [9.17, 15) is 0 Å². The molecule has 2 rings (SSSR count). The van der Waals surface area contributed by atoms with Crippen LogP contribution in [-0.2, 0) is 6.54 Å². The summed E-state index contributed by atoms with van der Waals surface area (Å²) in [6, 6.07) is 3.95. The van der Waals surface area contributed by atoms with Gasteiger partial charge in [0.2, 0.25) is 0 Å². The molecule has 1 aliphatic carbocycles. The van der Waals surface area contributed by atoms with Crippen molar-refractivity contribution in [1.29, 1.82) is 0 Å². The van der Waals surface area contributed by atoms with Crippen LogP contribution in [0, 0.1) is 5.41 Å². The van der Waals surface area contributed by atoms with Crippen LogP contribution in [0.3, 0.4) is 0 Å². The first-order valence-electron chi connectivity index (χ1n) is 5.08. The highest BCUT2D eigenvalue weighted by Gasteiger charge is 2.39. The molecule has 1 heterocycles. The number of nitrogens with one attached hydrogen (secondary N) is 1. The lowest BCUT2D eigenvalue weighted by Crippen LogP contribution is -2.22. The third-order valence-corrected chi connectivity index (χ3v) is 3.09. The van der Waals surface area contributed by atoms with Gasteiger partial charge < -0.3 is 9.73 Å². The smallest absolute Gasteiger partial charge is 0.117 e. The zero-order valence-corrected chi connectivity index (χ0v) is 8.18. The maximum Gasteiger partial charge on any atom is 0.117 e. The van der Waals surface area contributed by atoms with E-state index in [4.69, 9.17) is 4.42 Å². The molecule has 0 saturated heterocycles. The third-order valence-electron chi connectivity index (χ3n) is 3.09. The van der Waals surface area contributed by atoms with Crippen LogP contribution in [0.5, 0.6) is 0 Å². The molecule has 13 heavy (non-hydrogen) atoms. The van der Waals surface area contributed by atoms with Crippen molar-refractivity contribution in [2.24, 2.45) is 5.41 Å². The minimum Gasteiger partial charge on any atom is -0.468 e. The molecule has 0 aliphatic heterocycles. The summed E-state index contributed by atoms with van der Waals surface area (Å²) in [6.07, 6.45) is 5.82. The van der Waals surface area contributed by atoms with E-state index >= 15 is 0 Å². The Hall–Kier alpha value is -0.760. The fourth-order valence-electron chi connectivity index (χ4n) is 1.70. The SMILES string of the molecule is CCC1(CNCc2ccco2)CC1. The molecule has 2 nitrogen and oxygen atoms in total. The minimum absolute atomic E-state index is 0.632. The van der Waals surface area contributed by atoms with E-state index in [-0.39, 0.29) is 0 Å². The first-order chi connectivity index (χ1) is 6.35. The molecule has 2 heteroatoms. The van der Waals surface area contributed by atoms with Crippen LogP contribution in [0.4, 0.5) is 0 Å². The molecule has 1 fully saturated rings. The molecule has 0 unspecified atom stereocenters. The molecule has 0 amide bonds. The Morgan fingerprint density at radius 2 is 2.38 bits per heavy atom. The van der Waals surface area contributed by atoms with Crippen LogP contribution in [0.1, 0.15) is 31.9 Å². The van der Waals surface area contributed by atoms with Crippen LogP contribution >= 0.6 is 0 Å². The van der Waals surface area contributed by atoms with Crippen molar-refractivity contribution in [3.8, 4) is 0 Å². The summed E-state index contributed by atoms with van der Waals surface area (Å²) in [5, 5.41) is 3.45. The van der Waals surface area contributed by atoms with E-state index in [0.717, 1.165) is 18.8 Å². The first kappa shape index (κ1) is 8.82. The monoisotopic (exact) mass is 179 g/mol. The van der Waals surface area contributed by atoms with Crippen LogP contribution in [0.25, 0.3) is 0 Å². The molecule has 0 spiro atoms. The quantitative estimate of drug-likeness (QED) is 0.751. The second-order valence-electron chi connectivity index (χ2n) is 4.04. The van der Waals surface area contributed by atoms with Crippen molar-refractivity contribution in [2.45, 2.75) is 32.7 Å². The van der Waals surface area contributed by atoms with Crippen molar-refractivity contribution in [1.82, 2.24) is 5.32 Å². The molecule has 0 radical (unpaired) electrons. The van der Waals surface area contributed by atoms with E-state index in [1.165, 1.54) is 19.3 Å². The zero-order chi connectivity index (χ0) is 9.15. The normalized spacial score (nSPS) is 18.8. The van der Waals surface area contributed by atoms with Gasteiger partial charge in [-0.1, -0.05) is 6.92 Å². The zero-order valence-electron chi connectivity index (χ0n) is 8.18. The van der Waals surface area contributed by atoms with E-state index in [0.29, 0.717) is 5.41 Å². The predicted octanol–water partition coefficient (Wildman–Crippen LogP) is 2.56. The van der Waals surface area contributed by atoms with Gasteiger partial charge in [0.25, 0.3) is 0 Å². The largest absolute Gasteiger partial charge is 0.468 e. The summed E-state index contributed by atoms with van der Waals surface area (Å²) < 4.78 is 5.24. The van der Waals surface area contributed by atoms with Crippen molar-refractivity contribution < 1.29 is 4.42 Å². The molecule has 72 valence electrons. The molecule has 1 N–H and O–H groups in total. The van der Waals surface area contributed by atoms with Crippen molar-refractivity contribution in [3.63, 3.8) is 0 Å². The maximum absolute atomic E-state index is 5.24. The van der Waals surface area contributed by atoms with E-state index in [1.807, 2.05) is 12.1 Å². The molecule has 1 aliphatic rings. The summed E-state index contributed by atoms with van der Waals surface area (Å²) in [5.41, 5.74) is 0.632. The maximum atomic E-state index is 5.24. The lowest BCUT2D eigenvalue weighted by atomic mass is 10.0. The Balaban J connectivity index is 1.70. The van der Waals surface area contributed by atoms with E-state index < -0.39 is 0 Å². The van der Waals surface area contributed by atoms with Crippen LogP contribution in [0.15, 0.2) is 22.8 Å². The summed E-state index contributed by atoms with van der Waals surface area (Å²) >= 11 is 0. The number of rotatable bonds is 5. The summed E-state index contributed by atoms with van der Waals surface area (Å²) in [5.74, 6) is 1.03. The van der Waals surface area contributed by atoms with Gasteiger partial charge in [0.15, 0.2) is 0 Å². The Kier molecular flexibility index (Phi) is 2.40. The van der Waals surface area contributed by atoms with E-state index in [2.05, 4.69) is 12.2 Å². The average Bonchev–Trinajstić information content (AvgIpc) is 2.74. The van der Waals surface area contributed by atoms with Gasteiger partial charge in [-0.25, -0.2) is 0 Å². The predicted molar refractivity (Wildman–Crippen MR) is 52.4 cm³/mol. The molecule has 0 aromatic carbocycles. The molecule has 1 aromatic heterocycles. The highest BCUT2D eigenvalue weighted by atomic mass is 16.3. The second-order valence-corrected chi connectivity index (χ2v) is 4.04. The van der Waals surface area contributed by atoms with Gasteiger partial charge in [-0.05, 0) is 36.8 Å². The van der Waals surface area contributed by atoms with Gasteiger partial charge in [0.1, 0.15) is 5.76 Å². The van der Waals surface area contributed by atoms with Gasteiger partial charge >= 0.3 is 0 Å². The number of furan rings is 1. The Bertz CT molecular complexity index is 249. The lowest BCUT2D eigenvalue weighted by molar-refractivity contribution is 0.417. The molecular formula is C11H17NO. The molecule has 1 aromatic rings. The van der Waals surface area contributed by atoms with Crippen molar-refractivity contribution in [2.75, 3.05) is 6.54 Å². The summed E-state index contributed by atoms with van der Waals surface area (Å²) in [4.78, 5) is 0. The first-order valence-corrected chi connectivity index (χ1v) is 5.08. The highest BCUT2D eigenvalue weighted by Crippen LogP contribution is 2.47. The average molecular weight is 179 g/mol. The van der Waals surface area contributed by atoms with E-state index in [1.54, 1.807) is 6.26 Å². The van der Waals surface area contributed by atoms with Gasteiger partial charge in [0, 0.05) is 6.54 Å². The Morgan fingerprint density at radius 1 is 1.54 bits per heavy atom. The molecule has 0 bridgehead atoms.